The highest BCUT2D eigenvalue weighted by atomic mass is 16.5. The Labute approximate surface area is 187 Å². The molecule has 0 aromatic heterocycles. The molecule has 3 aliphatic rings. The fraction of sp³-hybridized carbons (Fsp3) is 0.440. The molecule has 2 aliphatic heterocycles. The van der Waals surface area contributed by atoms with Crippen LogP contribution in [0.3, 0.4) is 0 Å². The van der Waals surface area contributed by atoms with Gasteiger partial charge in [0.2, 0.25) is 5.91 Å². The monoisotopic (exact) mass is 435 g/mol. The van der Waals surface area contributed by atoms with Crippen molar-refractivity contribution in [3.63, 3.8) is 0 Å². The standard InChI is InChI=1S/C25H29N3O4/c26-25(31)19-6-2-4-8-22(19)32-23-12-18-14-27(13-17(18)11-21(23)29)15-24(30)28-10-9-16-5-1-3-7-20(16)28/h1-8,17-18,21,23,29H,9-15H2,(H2,26,31)/t17-,18+,21+,23+/m0/s1. The van der Waals surface area contributed by atoms with Crippen LogP contribution >= 0.6 is 0 Å². The van der Waals surface area contributed by atoms with Crippen molar-refractivity contribution in [1.82, 2.24) is 4.90 Å². The maximum Gasteiger partial charge on any atom is 0.252 e. The van der Waals surface area contributed by atoms with E-state index in [0.29, 0.717) is 42.5 Å². The zero-order chi connectivity index (χ0) is 22.2. The molecular formula is C25H29N3O4. The van der Waals surface area contributed by atoms with Crippen molar-refractivity contribution in [3.8, 4) is 5.75 Å². The molecule has 0 unspecified atom stereocenters. The van der Waals surface area contributed by atoms with Crippen LogP contribution in [0.5, 0.6) is 5.75 Å². The van der Waals surface area contributed by atoms with E-state index in [-0.39, 0.29) is 5.91 Å². The number of primary amides is 1. The molecule has 2 aromatic carbocycles. The third-order valence-corrected chi connectivity index (χ3v) is 7.14. The minimum absolute atomic E-state index is 0.136. The molecule has 0 spiro atoms. The lowest BCUT2D eigenvalue weighted by Gasteiger charge is -2.35. The second-order valence-corrected chi connectivity index (χ2v) is 9.19. The van der Waals surface area contributed by atoms with Crippen molar-refractivity contribution < 1.29 is 19.4 Å². The predicted octanol–water partition coefficient (Wildman–Crippen LogP) is 1.82. The number of hydrogen-bond donors (Lipinski definition) is 2. The molecule has 1 saturated heterocycles. The van der Waals surface area contributed by atoms with Crippen molar-refractivity contribution >= 4 is 17.5 Å². The summed E-state index contributed by atoms with van der Waals surface area (Å²) in [5, 5.41) is 10.7. The molecule has 32 heavy (non-hydrogen) atoms. The zero-order valence-electron chi connectivity index (χ0n) is 18.0. The van der Waals surface area contributed by atoms with Gasteiger partial charge in [0, 0.05) is 25.3 Å². The zero-order valence-corrected chi connectivity index (χ0v) is 18.0. The highest BCUT2D eigenvalue weighted by Gasteiger charge is 2.43. The number of carbonyl (C=O) groups excluding carboxylic acids is 2. The lowest BCUT2D eigenvalue weighted by molar-refractivity contribution is -0.119. The van der Waals surface area contributed by atoms with E-state index in [1.54, 1.807) is 24.3 Å². The Morgan fingerprint density at radius 1 is 1.03 bits per heavy atom. The molecular weight excluding hydrogens is 406 g/mol. The van der Waals surface area contributed by atoms with Gasteiger partial charge in [-0.2, -0.15) is 0 Å². The molecule has 4 atom stereocenters. The number of rotatable bonds is 5. The smallest absolute Gasteiger partial charge is 0.252 e. The molecule has 168 valence electrons. The summed E-state index contributed by atoms with van der Waals surface area (Å²) in [6.07, 6.45) is 1.23. The van der Waals surface area contributed by atoms with Gasteiger partial charge in [0.25, 0.3) is 5.91 Å². The van der Waals surface area contributed by atoms with Gasteiger partial charge in [-0.1, -0.05) is 30.3 Å². The predicted molar refractivity (Wildman–Crippen MR) is 121 cm³/mol. The highest BCUT2D eigenvalue weighted by Crippen LogP contribution is 2.38. The number of likely N-dealkylation sites (tertiary alicyclic amines) is 1. The van der Waals surface area contributed by atoms with Crippen LogP contribution in [0.4, 0.5) is 5.69 Å². The summed E-state index contributed by atoms with van der Waals surface area (Å²) in [5.41, 5.74) is 8.05. The van der Waals surface area contributed by atoms with Gasteiger partial charge in [-0.25, -0.2) is 0 Å². The van der Waals surface area contributed by atoms with Crippen LogP contribution in [-0.4, -0.2) is 60.2 Å². The van der Waals surface area contributed by atoms with Crippen molar-refractivity contribution in [1.29, 1.82) is 0 Å². The first-order chi connectivity index (χ1) is 15.5. The Kier molecular flexibility index (Phi) is 5.61. The van der Waals surface area contributed by atoms with E-state index >= 15 is 0 Å². The summed E-state index contributed by atoms with van der Waals surface area (Å²) < 4.78 is 6.06. The third kappa shape index (κ3) is 3.98. The number of nitrogens with two attached hydrogens (primary N) is 1. The Morgan fingerprint density at radius 3 is 2.56 bits per heavy atom. The summed E-state index contributed by atoms with van der Waals surface area (Å²) in [6, 6.07) is 15.0. The number of para-hydroxylation sites is 2. The summed E-state index contributed by atoms with van der Waals surface area (Å²) in [5.74, 6) is 0.702. The summed E-state index contributed by atoms with van der Waals surface area (Å²) >= 11 is 0. The first kappa shape index (κ1) is 21.0. The number of carbonyl (C=O) groups is 2. The van der Waals surface area contributed by atoms with Crippen LogP contribution in [0, 0.1) is 11.8 Å². The minimum Gasteiger partial charge on any atom is -0.487 e. The van der Waals surface area contributed by atoms with Gasteiger partial charge in [0.05, 0.1) is 18.2 Å². The lowest BCUT2D eigenvalue weighted by Crippen LogP contribution is -2.42. The normalized spacial score (nSPS) is 27.1. The van der Waals surface area contributed by atoms with Gasteiger partial charge in [-0.05, 0) is 54.9 Å². The molecule has 1 aliphatic carbocycles. The van der Waals surface area contributed by atoms with E-state index < -0.39 is 18.1 Å². The maximum atomic E-state index is 13.0. The average Bonchev–Trinajstić information content (AvgIpc) is 3.37. The number of amides is 2. The van der Waals surface area contributed by atoms with Gasteiger partial charge in [-0.15, -0.1) is 0 Å². The second kappa shape index (κ2) is 8.56. The first-order valence-electron chi connectivity index (χ1n) is 11.3. The molecule has 2 aromatic rings. The van der Waals surface area contributed by atoms with Gasteiger partial charge < -0.3 is 20.5 Å². The molecule has 0 bridgehead atoms. The third-order valence-electron chi connectivity index (χ3n) is 7.14. The summed E-state index contributed by atoms with van der Waals surface area (Å²) in [6.45, 7) is 2.77. The van der Waals surface area contributed by atoms with Gasteiger partial charge >= 0.3 is 0 Å². The first-order valence-corrected chi connectivity index (χ1v) is 11.3. The molecule has 2 heterocycles. The van der Waals surface area contributed by atoms with E-state index in [1.807, 2.05) is 23.1 Å². The van der Waals surface area contributed by atoms with Crippen LogP contribution in [0.2, 0.25) is 0 Å². The number of anilines is 1. The number of ether oxygens (including phenoxy) is 1. The van der Waals surface area contributed by atoms with E-state index in [2.05, 4.69) is 11.0 Å². The van der Waals surface area contributed by atoms with Gasteiger partial charge in [-0.3, -0.25) is 14.5 Å². The minimum atomic E-state index is -0.613. The number of benzene rings is 2. The number of nitrogens with zero attached hydrogens (tertiary/aromatic N) is 2. The topological polar surface area (TPSA) is 96.1 Å². The fourth-order valence-corrected chi connectivity index (χ4v) is 5.55. The van der Waals surface area contributed by atoms with Crippen molar-refractivity contribution in [2.75, 3.05) is 31.1 Å². The summed E-state index contributed by atoms with van der Waals surface area (Å²) in [4.78, 5) is 28.8. The Bertz CT molecular complexity index is 1030. The van der Waals surface area contributed by atoms with Gasteiger partial charge in [0.15, 0.2) is 0 Å². The Morgan fingerprint density at radius 2 is 1.75 bits per heavy atom. The van der Waals surface area contributed by atoms with Crippen molar-refractivity contribution in [2.24, 2.45) is 17.6 Å². The van der Waals surface area contributed by atoms with E-state index in [0.717, 1.165) is 31.7 Å². The average molecular weight is 436 g/mol. The lowest BCUT2D eigenvalue weighted by atomic mass is 9.78. The van der Waals surface area contributed by atoms with Gasteiger partial charge in [0.1, 0.15) is 11.9 Å². The van der Waals surface area contributed by atoms with Crippen LogP contribution < -0.4 is 15.4 Å². The van der Waals surface area contributed by atoms with Crippen LogP contribution in [0.1, 0.15) is 28.8 Å². The quantitative estimate of drug-likeness (QED) is 0.747. The highest BCUT2D eigenvalue weighted by molar-refractivity contribution is 5.97. The van der Waals surface area contributed by atoms with Crippen molar-refractivity contribution in [2.45, 2.75) is 31.5 Å². The molecule has 1 saturated carbocycles. The number of fused-ring (bicyclic) bond motifs is 2. The number of aliphatic hydroxyl groups is 1. The molecule has 2 amide bonds. The fourth-order valence-electron chi connectivity index (χ4n) is 5.55. The molecule has 0 radical (unpaired) electrons. The van der Waals surface area contributed by atoms with E-state index in [1.165, 1.54) is 5.56 Å². The molecule has 2 fully saturated rings. The Balaban J connectivity index is 1.21. The maximum absolute atomic E-state index is 13.0. The van der Waals surface area contributed by atoms with Crippen molar-refractivity contribution in [3.05, 3.63) is 59.7 Å². The van der Waals surface area contributed by atoms with E-state index in [4.69, 9.17) is 10.5 Å². The van der Waals surface area contributed by atoms with Crippen LogP contribution in [-0.2, 0) is 11.2 Å². The van der Waals surface area contributed by atoms with Crippen LogP contribution in [0.15, 0.2) is 48.5 Å². The summed E-state index contributed by atoms with van der Waals surface area (Å²) in [7, 11) is 0. The molecule has 7 nitrogen and oxygen atoms in total. The van der Waals surface area contributed by atoms with Crippen LogP contribution in [0.25, 0.3) is 0 Å². The number of aliphatic hydroxyl groups excluding tert-OH is 1. The Hall–Kier alpha value is -2.90. The number of hydrogen-bond acceptors (Lipinski definition) is 5. The SMILES string of the molecule is NC(=O)c1ccccc1O[C@@H]1C[C@@H]2CN(CC(=O)N3CCc4ccccc43)C[C@@H]2C[C@H]1O. The molecule has 7 heteroatoms. The molecule has 5 rings (SSSR count). The second-order valence-electron chi connectivity index (χ2n) is 9.19. The largest absolute Gasteiger partial charge is 0.487 e. The molecule has 3 N–H and O–H groups in total. The van der Waals surface area contributed by atoms with E-state index in [9.17, 15) is 14.7 Å².